The fraction of sp³-hybridized carbons (Fsp3) is 0.267. The quantitative estimate of drug-likeness (QED) is 0.713. The van der Waals surface area contributed by atoms with Crippen molar-refractivity contribution in [2.75, 3.05) is 0 Å². The molecule has 1 aromatic heterocycles. The van der Waals surface area contributed by atoms with E-state index in [1.165, 1.54) is 16.0 Å². The largest absolute Gasteiger partial charge is 0.264 e. The van der Waals surface area contributed by atoms with Crippen molar-refractivity contribution >= 4 is 11.8 Å². The van der Waals surface area contributed by atoms with Crippen LogP contribution in [0.1, 0.15) is 20.8 Å². The first kappa shape index (κ1) is 12.2. The summed E-state index contributed by atoms with van der Waals surface area (Å²) in [6.07, 6.45) is 3.69. The molecule has 1 heterocycles. The Kier molecular flexibility index (Phi) is 3.53. The molecule has 0 saturated heterocycles. The van der Waals surface area contributed by atoms with Gasteiger partial charge in [-0.15, -0.1) is 11.8 Å². The van der Waals surface area contributed by atoms with Crippen molar-refractivity contribution < 1.29 is 0 Å². The molecular weight excluding hydrogens is 226 g/mol. The molecule has 2 rings (SSSR count). The van der Waals surface area contributed by atoms with Crippen LogP contribution in [0.4, 0.5) is 0 Å². The summed E-state index contributed by atoms with van der Waals surface area (Å²) < 4.78 is 0.260. The zero-order valence-corrected chi connectivity index (χ0v) is 11.3. The maximum Gasteiger partial charge on any atom is 0.0346 e. The molecule has 0 unspecified atom stereocenters. The summed E-state index contributed by atoms with van der Waals surface area (Å²) in [6, 6.07) is 12.7. The molecule has 0 amide bonds. The van der Waals surface area contributed by atoms with Gasteiger partial charge in [0, 0.05) is 22.0 Å². The van der Waals surface area contributed by atoms with Crippen LogP contribution in [-0.4, -0.2) is 9.73 Å². The molecule has 0 spiro atoms. The Hall–Kier alpha value is -1.28. The molecule has 0 saturated carbocycles. The van der Waals surface area contributed by atoms with Crippen LogP contribution in [-0.2, 0) is 0 Å². The zero-order chi connectivity index (χ0) is 12.3. The normalized spacial score (nSPS) is 11.5. The number of rotatable bonds is 2. The summed E-state index contributed by atoms with van der Waals surface area (Å²) in [4.78, 5) is 5.45. The van der Waals surface area contributed by atoms with E-state index in [4.69, 9.17) is 0 Å². The second-order valence-corrected chi connectivity index (χ2v) is 6.88. The molecule has 0 atom stereocenters. The Morgan fingerprint density at radius 2 is 1.65 bits per heavy atom. The molecule has 0 bridgehead atoms. The van der Waals surface area contributed by atoms with Gasteiger partial charge in [0.1, 0.15) is 0 Å². The third kappa shape index (κ3) is 3.60. The van der Waals surface area contributed by atoms with Crippen molar-refractivity contribution in [1.29, 1.82) is 0 Å². The van der Waals surface area contributed by atoms with Gasteiger partial charge >= 0.3 is 0 Å². The summed E-state index contributed by atoms with van der Waals surface area (Å²) in [5.41, 5.74) is 2.39. The first-order chi connectivity index (χ1) is 8.04. The van der Waals surface area contributed by atoms with E-state index in [0.717, 1.165) is 0 Å². The number of hydrogen-bond donors (Lipinski definition) is 0. The van der Waals surface area contributed by atoms with Crippen LogP contribution in [0.15, 0.2) is 53.7 Å². The maximum absolute atomic E-state index is 4.14. The minimum absolute atomic E-state index is 0.260. The van der Waals surface area contributed by atoms with Crippen LogP contribution >= 0.6 is 11.8 Å². The van der Waals surface area contributed by atoms with E-state index in [-0.39, 0.29) is 4.75 Å². The first-order valence-electron chi connectivity index (χ1n) is 5.74. The van der Waals surface area contributed by atoms with Gasteiger partial charge in [-0.1, -0.05) is 39.0 Å². The van der Waals surface area contributed by atoms with E-state index in [2.05, 4.69) is 56.1 Å². The third-order valence-corrected chi connectivity index (χ3v) is 3.39. The van der Waals surface area contributed by atoms with Crippen LogP contribution in [0.25, 0.3) is 11.1 Å². The molecule has 2 heteroatoms. The number of pyridine rings is 1. The second kappa shape index (κ2) is 4.92. The lowest BCUT2D eigenvalue weighted by Crippen LogP contribution is -2.06. The lowest BCUT2D eigenvalue weighted by atomic mass is 10.1. The molecular formula is C15H17NS. The monoisotopic (exact) mass is 243 g/mol. The van der Waals surface area contributed by atoms with Crippen molar-refractivity contribution in [3.05, 3.63) is 48.8 Å². The number of thioether (sulfide) groups is 1. The predicted molar refractivity (Wildman–Crippen MR) is 75.3 cm³/mol. The highest BCUT2D eigenvalue weighted by atomic mass is 32.2. The Morgan fingerprint density at radius 3 is 2.18 bits per heavy atom. The Labute approximate surface area is 107 Å². The average molecular weight is 243 g/mol. The van der Waals surface area contributed by atoms with Gasteiger partial charge in [0.2, 0.25) is 0 Å². The highest BCUT2D eigenvalue weighted by Crippen LogP contribution is 2.32. The van der Waals surface area contributed by atoms with E-state index in [0.29, 0.717) is 0 Å². The maximum atomic E-state index is 4.14. The van der Waals surface area contributed by atoms with E-state index in [1.54, 1.807) is 6.20 Å². The van der Waals surface area contributed by atoms with Crippen molar-refractivity contribution in [3.63, 3.8) is 0 Å². The van der Waals surface area contributed by atoms with E-state index in [9.17, 15) is 0 Å². The van der Waals surface area contributed by atoms with Crippen LogP contribution in [0, 0.1) is 0 Å². The van der Waals surface area contributed by atoms with Crippen LogP contribution in [0.5, 0.6) is 0 Å². The average Bonchev–Trinajstić information content (AvgIpc) is 2.29. The lowest BCUT2D eigenvalue weighted by Gasteiger charge is -2.17. The number of aromatic nitrogens is 1. The molecule has 0 aliphatic heterocycles. The van der Waals surface area contributed by atoms with Gasteiger partial charge in [0.25, 0.3) is 0 Å². The minimum Gasteiger partial charge on any atom is -0.264 e. The molecule has 0 N–H and O–H groups in total. The van der Waals surface area contributed by atoms with Crippen LogP contribution in [0.2, 0.25) is 0 Å². The number of nitrogens with zero attached hydrogens (tertiary/aromatic N) is 1. The Balaban J connectivity index is 2.19. The predicted octanol–water partition coefficient (Wildman–Crippen LogP) is 4.64. The highest BCUT2D eigenvalue weighted by molar-refractivity contribution is 8.00. The fourth-order valence-electron chi connectivity index (χ4n) is 1.60. The highest BCUT2D eigenvalue weighted by Gasteiger charge is 2.11. The fourth-order valence-corrected chi connectivity index (χ4v) is 2.58. The summed E-state index contributed by atoms with van der Waals surface area (Å²) in [6.45, 7) is 6.69. The smallest absolute Gasteiger partial charge is 0.0346 e. The molecule has 2 aromatic rings. The van der Waals surface area contributed by atoms with Gasteiger partial charge in [0.05, 0.1) is 0 Å². The summed E-state index contributed by atoms with van der Waals surface area (Å²) >= 11 is 1.89. The van der Waals surface area contributed by atoms with Crippen molar-refractivity contribution in [2.24, 2.45) is 0 Å². The van der Waals surface area contributed by atoms with Crippen LogP contribution in [0.3, 0.4) is 0 Å². The lowest BCUT2D eigenvalue weighted by molar-refractivity contribution is 0.803. The minimum atomic E-state index is 0.260. The van der Waals surface area contributed by atoms with E-state index >= 15 is 0 Å². The molecule has 0 radical (unpaired) electrons. The van der Waals surface area contributed by atoms with Crippen molar-refractivity contribution in [2.45, 2.75) is 30.4 Å². The van der Waals surface area contributed by atoms with Gasteiger partial charge < -0.3 is 0 Å². The molecule has 1 nitrogen and oxygen atoms in total. The van der Waals surface area contributed by atoms with Crippen LogP contribution < -0.4 is 0 Å². The topological polar surface area (TPSA) is 12.9 Å². The van der Waals surface area contributed by atoms with Gasteiger partial charge in [-0.05, 0) is 29.3 Å². The molecule has 0 fully saturated rings. The van der Waals surface area contributed by atoms with Gasteiger partial charge in [-0.3, -0.25) is 4.98 Å². The summed E-state index contributed by atoms with van der Waals surface area (Å²) in [5, 5.41) is 0. The Morgan fingerprint density at radius 1 is 0.941 bits per heavy atom. The molecule has 0 aliphatic carbocycles. The first-order valence-corrected chi connectivity index (χ1v) is 6.56. The molecule has 1 aromatic carbocycles. The third-order valence-electron chi connectivity index (χ3n) is 2.27. The number of hydrogen-bond acceptors (Lipinski definition) is 2. The van der Waals surface area contributed by atoms with E-state index < -0.39 is 0 Å². The zero-order valence-electron chi connectivity index (χ0n) is 10.5. The van der Waals surface area contributed by atoms with Crippen molar-refractivity contribution in [3.8, 4) is 11.1 Å². The van der Waals surface area contributed by atoms with Gasteiger partial charge in [0.15, 0.2) is 0 Å². The summed E-state index contributed by atoms with van der Waals surface area (Å²) in [5.74, 6) is 0. The SMILES string of the molecule is CC(C)(C)Sc1ccc(-c2cccnc2)cc1. The molecule has 17 heavy (non-hydrogen) atoms. The molecule has 0 aliphatic rings. The Bertz CT molecular complexity index is 469. The molecule has 88 valence electrons. The van der Waals surface area contributed by atoms with Gasteiger partial charge in [-0.25, -0.2) is 0 Å². The standard InChI is InChI=1S/C15H17NS/c1-15(2,3)17-14-8-6-12(7-9-14)13-5-4-10-16-11-13/h4-11H,1-3H3. The number of benzene rings is 1. The van der Waals surface area contributed by atoms with E-state index in [1.807, 2.05) is 24.0 Å². The van der Waals surface area contributed by atoms with Gasteiger partial charge in [-0.2, -0.15) is 0 Å². The summed E-state index contributed by atoms with van der Waals surface area (Å²) in [7, 11) is 0. The second-order valence-electron chi connectivity index (χ2n) is 4.98. The van der Waals surface area contributed by atoms with Crippen molar-refractivity contribution in [1.82, 2.24) is 4.98 Å².